The Kier molecular flexibility index (Phi) is 6.89. The zero-order valence-electron chi connectivity index (χ0n) is 18.8. The van der Waals surface area contributed by atoms with Crippen LogP contribution in [0.3, 0.4) is 0 Å². The first kappa shape index (κ1) is 22.9. The molecule has 0 saturated carbocycles. The second kappa shape index (κ2) is 10.2. The second-order valence-corrected chi connectivity index (χ2v) is 8.93. The van der Waals surface area contributed by atoms with Crippen LogP contribution in [-0.4, -0.2) is 70.9 Å². The third-order valence-corrected chi connectivity index (χ3v) is 6.53. The lowest BCUT2D eigenvalue weighted by Gasteiger charge is -2.28. The molecule has 0 spiro atoms. The van der Waals surface area contributed by atoms with Gasteiger partial charge in [0.2, 0.25) is 5.95 Å². The molecule has 180 valence electrons. The normalized spacial score (nSPS) is 17.4. The highest BCUT2D eigenvalue weighted by molar-refractivity contribution is 6.32. The maximum absolute atomic E-state index is 13.4. The minimum Gasteiger partial charge on any atom is -0.396 e. The number of benzene rings is 1. The predicted octanol–water partition coefficient (Wildman–Crippen LogP) is 2.76. The molecule has 2 fully saturated rings. The summed E-state index contributed by atoms with van der Waals surface area (Å²) in [6.45, 7) is 5.16. The van der Waals surface area contributed by atoms with Gasteiger partial charge in [-0.2, -0.15) is 9.97 Å². The number of fused-ring (bicyclic) bond motifs is 1. The van der Waals surface area contributed by atoms with Crippen molar-refractivity contribution in [3.63, 3.8) is 0 Å². The summed E-state index contributed by atoms with van der Waals surface area (Å²) >= 11 is 6.58. The molecule has 4 heterocycles. The summed E-state index contributed by atoms with van der Waals surface area (Å²) in [6.07, 6.45) is 2.61. The molecule has 2 aliphatic rings. The van der Waals surface area contributed by atoms with E-state index in [-0.39, 0.29) is 23.6 Å². The molecule has 34 heavy (non-hydrogen) atoms. The van der Waals surface area contributed by atoms with Crippen molar-refractivity contribution in [3.05, 3.63) is 40.8 Å². The van der Waals surface area contributed by atoms with E-state index in [0.29, 0.717) is 29.4 Å². The lowest BCUT2D eigenvalue weighted by Crippen LogP contribution is -2.44. The molecular formula is C23H28ClFN8O. The summed E-state index contributed by atoms with van der Waals surface area (Å²) in [7, 11) is 0. The summed E-state index contributed by atoms with van der Waals surface area (Å²) < 4.78 is 13.4. The molecule has 1 atom stereocenters. The fraction of sp³-hybridized carbons (Fsp3) is 0.478. The Hall–Kier alpha value is -2.82. The van der Waals surface area contributed by atoms with Gasteiger partial charge in [-0.25, -0.2) is 14.4 Å². The van der Waals surface area contributed by atoms with Gasteiger partial charge in [0.05, 0.1) is 6.04 Å². The van der Waals surface area contributed by atoms with Crippen molar-refractivity contribution < 1.29 is 9.50 Å². The number of hydrogen-bond acceptors (Lipinski definition) is 9. The van der Waals surface area contributed by atoms with Gasteiger partial charge in [-0.15, -0.1) is 0 Å². The molecule has 1 aromatic carbocycles. The van der Waals surface area contributed by atoms with Gasteiger partial charge < -0.3 is 25.5 Å². The molecule has 0 bridgehead atoms. The zero-order valence-corrected chi connectivity index (χ0v) is 19.6. The summed E-state index contributed by atoms with van der Waals surface area (Å²) in [5.41, 5.74) is 1.87. The molecular weight excluding hydrogens is 459 g/mol. The third kappa shape index (κ3) is 4.84. The van der Waals surface area contributed by atoms with Crippen molar-refractivity contribution in [1.82, 2.24) is 25.3 Å². The van der Waals surface area contributed by atoms with Gasteiger partial charge in [0.25, 0.3) is 0 Å². The van der Waals surface area contributed by atoms with Crippen LogP contribution in [0, 0.1) is 5.82 Å². The number of aliphatic hydroxyl groups excluding tert-OH is 1. The van der Waals surface area contributed by atoms with Gasteiger partial charge in [-0.1, -0.05) is 23.7 Å². The molecule has 2 aliphatic heterocycles. The number of hydrogen-bond donors (Lipinski definition) is 3. The van der Waals surface area contributed by atoms with E-state index in [1.165, 1.54) is 12.1 Å². The van der Waals surface area contributed by atoms with Crippen LogP contribution in [-0.2, 0) is 0 Å². The highest BCUT2D eigenvalue weighted by Gasteiger charge is 2.24. The van der Waals surface area contributed by atoms with Crippen LogP contribution in [0.25, 0.3) is 11.2 Å². The summed E-state index contributed by atoms with van der Waals surface area (Å²) in [5.74, 6) is 1.46. The standard InChI is InChI=1S/C23H28ClFN8O/c24-19-21(27-17(7-14-34)15-3-5-16(25)6-4-15)29-20-18(28-19)22(32-10-1-2-11-32)31-23(30-20)33-12-8-26-9-13-33/h3-6,17,26,34H,1-2,7-14H2,(H,27,29,30,31). The molecule has 3 aromatic rings. The minimum atomic E-state index is -0.318. The van der Waals surface area contributed by atoms with Crippen molar-refractivity contribution in [3.8, 4) is 0 Å². The lowest BCUT2D eigenvalue weighted by molar-refractivity contribution is 0.280. The lowest BCUT2D eigenvalue weighted by atomic mass is 10.0. The second-order valence-electron chi connectivity index (χ2n) is 8.57. The van der Waals surface area contributed by atoms with Gasteiger partial charge in [-0.05, 0) is 37.0 Å². The fourth-order valence-corrected chi connectivity index (χ4v) is 4.64. The highest BCUT2D eigenvalue weighted by Crippen LogP contribution is 2.32. The van der Waals surface area contributed by atoms with Gasteiger partial charge in [0, 0.05) is 45.9 Å². The average Bonchev–Trinajstić information content (AvgIpc) is 3.39. The van der Waals surface area contributed by atoms with Crippen molar-refractivity contribution in [1.29, 1.82) is 0 Å². The highest BCUT2D eigenvalue weighted by atomic mass is 35.5. The van der Waals surface area contributed by atoms with Crippen molar-refractivity contribution in [2.45, 2.75) is 25.3 Å². The van der Waals surface area contributed by atoms with Crippen molar-refractivity contribution >= 4 is 40.3 Å². The number of nitrogens with one attached hydrogen (secondary N) is 2. The minimum absolute atomic E-state index is 0.0535. The molecule has 1 unspecified atom stereocenters. The van der Waals surface area contributed by atoms with Gasteiger partial charge in [0.1, 0.15) is 5.82 Å². The zero-order chi connectivity index (χ0) is 23.5. The Bertz CT molecular complexity index is 1140. The largest absolute Gasteiger partial charge is 0.396 e. The van der Waals surface area contributed by atoms with E-state index >= 15 is 0 Å². The van der Waals surface area contributed by atoms with E-state index in [1.807, 2.05) is 0 Å². The van der Waals surface area contributed by atoms with E-state index in [0.717, 1.165) is 63.5 Å². The predicted molar refractivity (Wildman–Crippen MR) is 131 cm³/mol. The molecule has 9 nitrogen and oxygen atoms in total. The molecule has 3 N–H and O–H groups in total. The van der Waals surface area contributed by atoms with Gasteiger partial charge >= 0.3 is 0 Å². The molecule has 11 heteroatoms. The molecule has 2 aromatic heterocycles. The number of halogens is 2. The monoisotopic (exact) mass is 486 g/mol. The summed E-state index contributed by atoms with van der Waals surface area (Å²) in [5, 5.41) is 16.4. The van der Waals surface area contributed by atoms with E-state index in [1.54, 1.807) is 12.1 Å². The van der Waals surface area contributed by atoms with E-state index in [9.17, 15) is 9.50 Å². The van der Waals surface area contributed by atoms with Crippen molar-refractivity contribution in [2.75, 3.05) is 61.0 Å². The summed E-state index contributed by atoms with van der Waals surface area (Å²) in [4.78, 5) is 23.4. The van der Waals surface area contributed by atoms with Crippen LogP contribution in [0.4, 0.5) is 22.0 Å². The molecule has 2 saturated heterocycles. The topological polar surface area (TPSA) is 102 Å². The van der Waals surface area contributed by atoms with E-state index in [2.05, 4.69) is 25.4 Å². The first-order valence-electron chi connectivity index (χ1n) is 11.7. The van der Waals surface area contributed by atoms with Crippen LogP contribution in [0.2, 0.25) is 5.15 Å². The Morgan fingerprint density at radius 2 is 1.74 bits per heavy atom. The Morgan fingerprint density at radius 3 is 2.44 bits per heavy atom. The number of anilines is 3. The summed E-state index contributed by atoms with van der Waals surface area (Å²) in [6, 6.07) is 5.83. The Labute approximate surface area is 202 Å². The molecule has 0 aliphatic carbocycles. The van der Waals surface area contributed by atoms with Gasteiger partial charge in [0.15, 0.2) is 28.0 Å². The Morgan fingerprint density at radius 1 is 1.00 bits per heavy atom. The first-order chi connectivity index (χ1) is 16.6. The smallest absolute Gasteiger partial charge is 0.229 e. The van der Waals surface area contributed by atoms with Crippen molar-refractivity contribution in [2.24, 2.45) is 0 Å². The van der Waals surface area contributed by atoms with Crippen LogP contribution < -0.4 is 20.4 Å². The Balaban J connectivity index is 1.54. The van der Waals surface area contributed by atoms with Crippen LogP contribution >= 0.6 is 11.6 Å². The van der Waals surface area contributed by atoms with Crippen LogP contribution in [0.5, 0.6) is 0 Å². The van der Waals surface area contributed by atoms with E-state index in [4.69, 9.17) is 26.6 Å². The number of rotatable bonds is 7. The molecule has 0 radical (unpaired) electrons. The quantitative estimate of drug-likeness (QED) is 0.465. The number of piperazine rings is 1. The fourth-order valence-electron chi connectivity index (χ4n) is 4.46. The third-order valence-electron chi connectivity index (χ3n) is 6.27. The SMILES string of the molecule is OCCC(Nc1nc2nc(N3CCNCC3)nc(N3CCCC3)c2nc1Cl)c1ccc(F)cc1. The number of aromatic nitrogens is 4. The van der Waals surface area contributed by atoms with Gasteiger partial charge in [-0.3, -0.25) is 0 Å². The average molecular weight is 487 g/mol. The first-order valence-corrected chi connectivity index (χ1v) is 12.1. The van der Waals surface area contributed by atoms with E-state index < -0.39 is 0 Å². The maximum Gasteiger partial charge on any atom is 0.229 e. The molecule has 0 amide bonds. The number of aliphatic hydroxyl groups is 1. The maximum atomic E-state index is 13.4. The van der Waals surface area contributed by atoms with Crippen LogP contribution in [0.15, 0.2) is 24.3 Å². The molecule has 5 rings (SSSR count). The number of nitrogens with zero attached hydrogens (tertiary/aromatic N) is 6. The van der Waals surface area contributed by atoms with Crippen LogP contribution in [0.1, 0.15) is 30.9 Å².